The maximum atomic E-state index is 15.5. The monoisotopic (exact) mass is 524 g/mol. The van der Waals surface area contributed by atoms with Crippen LogP contribution in [0.15, 0.2) is 48.0 Å². The molecule has 1 heterocycles. The Balaban J connectivity index is 1.45. The predicted octanol–water partition coefficient (Wildman–Crippen LogP) is 9.04. The average molecular weight is 525 g/mol. The van der Waals surface area contributed by atoms with Crippen molar-refractivity contribution in [1.29, 1.82) is 0 Å². The van der Waals surface area contributed by atoms with E-state index in [2.05, 4.69) is 13.0 Å². The summed E-state index contributed by atoms with van der Waals surface area (Å²) in [6.45, 7) is 4.98. The molecular formula is C32H32F4O2. The normalized spacial score (nSPS) is 16.6. The van der Waals surface area contributed by atoms with E-state index in [1.165, 1.54) is 11.6 Å². The lowest BCUT2D eigenvalue weighted by Gasteiger charge is -2.24. The molecule has 1 aliphatic carbocycles. The van der Waals surface area contributed by atoms with E-state index in [4.69, 9.17) is 9.47 Å². The smallest absolute Gasteiger partial charge is 0.201 e. The fraction of sp³-hybridized carbons (Fsp3) is 0.375. The molecule has 1 aliphatic heterocycles. The van der Waals surface area contributed by atoms with Crippen molar-refractivity contribution in [1.82, 2.24) is 0 Å². The largest absolute Gasteiger partial charge is 0.490 e. The van der Waals surface area contributed by atoms with E-state index in [-0.39, 0.29) is 35.2 Å². The van der Waals surface area contributed by atoms with Gasteiger partial charge in [0.1, 0.15) is 0 Å². The van der Waals surface area contributed by atoms with Crippen molar-refractivity contribution in [3.63, 3.8) is 0 Å². The predicted molar refractivity (Wildman–Crippen MR) is 141 cm³/mol. The molecule has 0 saturated heterocycles. The van der Waals surface area contributed by atoms with Crippen molar-refractivity contribution < 1.29 is 27.0 Å². The molecular weight excluding hydrogens is 492 g/mol. The molecule has 0 bridgehead atoms. The third-order valence-electron chi connectivity index (χ3n) is 7.47. The molecule has 0 saturated carbocycles. The third-order valence-corrected chi connectivity index (χ3v) is 7.47. The van der Waals surface area contributed by atoms with Crippen LogP contribution in [0, 0.1) is 23.3 Å². The molecule has 2 aliphatic rings. The summed E-state index contributed by atoms with van der Waals surface area (Å²) in [6, 6.07) is 10.2. The minimum absolute atomic E-state index is 0.0695. The molecule has 0 amide bonds. The fourth-order valence-electron chi connectivity index (χ4n) is 5.39. The quantitative estimate of drug-likeness (QED) is 0.166. The minimum Gasteiger partial charge on any atom is -0.490 e. The van der Waals surface area contributed by atoms with E-state index in [0.717, 1.165) is 31.2 Å². The number of aryl methyl sites for hydroxylation is 2. The van der Waals surface area contributed by atoms with E-state index in [9.17, 15) is 4.39 Å². The topological polar surface area (TPSA) is 18.5 Å². The number of fused-ring (bicyclic) bond motifs is 3. The van der Waals surface area contributed by atoms with Gasteiger partial charge in [-0.1, -0.05) is 57.0 Å². The number of ether oxygens (including phenoxy) is 2. The van der Waals surface area contributed by atoms with Crippen LogP contribution in [0.2, 0.25) is 0 Å². The van der Waals surface area contributed by atoms with Gasteiger partial charge in [-0.25, -0.2) is 13.2 Å². The second-order valence-electron chi connectivity index (χ2n) is 10.1. The van der Waals surface area contributed by atoms with Gasteiger partial charge >= 0.3 is 0 Å². The zero-order valence-electron chi connectivity index (χ0n) is 21.8. The van der Waals surface area contributed by atoms with Crippen LogP contribution in [-0.4, -0.2) is 13.2 Å². The van der Waals surface area contributed by atoms with Gasteiger partial charge in [-0.3, -0.25) is 0 Å². The number of halogens is 4. The van der Waals surface area contributed by atoms with Gasteiger partial charge in [-0.05, 0) is 72.1 Å². The van der Waals surface area contributed by atoms with E-state index >= 15 is 13.2 Å². The molecule has 200 valence electrons. The van der Waals surface area contributed by atoms with Gasteiger partial charge in [-0.15, -0.1) is 0 Å². The lowest BCUT2D eigenvalue weighted by atomic mass is 9.82. The van der Waals surface area contributed by atoms with Crippen molar-refractivity contribution in [2.24, 2.45) is 0 Å². The number of unbranched alkanes of at least 4 members (excludes halogenated alkanes) is 1. The van der Waals surface area contributed by atoms with Gasteiger partial charge in [0.2, 0.25) is 5.82 Å². The Hall–Kier alpha value is -3.12. The molecule has 0 spiro atoms. The third kappa shape index (κ3) is 4.98. The van der Waals surface area contributed by atoms with Crippen LogP contribution in [0.4, 0.5) is 17.6 Å². The summed E-state index contributed by atoms with van der Waals surface area (Å²) >= 11 is 0. The van der Waals surface area contributed by atoms with Gasteiger partial charge < -0.3 is 9.47 Å². The Morgan fingerprint density at radius 1 is 0.842 bits per heavy atom. The average Bonchev–Trinajstić information content (AvgIpc) is 2.94. The highest BCUT2D eigenvalue weighted by atomic mass is 19.2. The zero-order valence-corrected chi connectivity index (χ0v) is 21.8. The van der Waals surface area contributed by atoms with Crippen LogP contribution >= 0.6 is 0 Å². The van der Waals surface area contributed by atoms with E-state index in [1.54, 1.807) is 18.2 Å². The summed E-state index contributed by atoms with van der Waals surface area (Å²) in [4.78, 5) is 0. The SMILES string of the molecule is CCCCOc1cc2c(c(F)c1F)-c1c(cc(-c3ccc(C4CC=C(CCC)CO4)cc3)c(F)c1F)CC2. The highest BCUT2D eigenvalue weighted by Crippen LogP contribution is 2.44. The second-order valence-corrected chi connectivity index (χ2v) is 10.1. The first-order chi connectivity index (χ1) is 18.4. The van der Waals surface area contributed by atoms with Gasteiger partial charge in [0.05, 0.1) is 19.3 Å². The van der Waals surface area contributed by atoms with Crippen molar-refractivity contribution in [2.45, 2.75) is 64.9 Å². The Morgan fingerprint density at radius 2 is 1.53 bits per heavy atom. The van der Waals surface area contributed by atoms with Crippen LogP contribution in [0.3, 0.4) is 0 Å². The molecule has 0 fully saturated rings. The Labute approximate surface area is 221 Å². The summed E-state index contributed by atoms with van der Waals surface area (Å²) < 4.78 is 72.4. The second kappa shape index (κ2) is 11.3. The summed E-state index contributed by atoms with van der Waals surface area (Å²) in [6.07, 6.45) is 7.36. The van der Waals surface area contributed by atoms with Crippen molar-refractivity contribution >= 4 is 0 Å². The number of hydrogen-bond acceptors (Lipinski definition) is 2. The van der Waals surface area contributed by atoms with Crippen molar-refractivity contribution in [2.75, 3.05) is 13.2 Å². The molecule has 3 aromatic rings. The molecule has 0 N–H and O–H groups in total. The van der Waals surface area contributed by atoms with Gasteiger partial charge in [-0.2, -0.15) is 4.39 Å². The highest BCUT2D eigenvalue weighted by molar-refractivity contribution is 5.79. The molecule has 6 heteroatoms. The Kier molecular flexibility index (Phi) is 7.89. The molecule has 5 rings (SSSR count). The van der Waals surface area contributed by atoms with Crippen molar-refractivity contribution in [3.8, 4) is 28.0 Å². The standard InChI is InChI=1S/C32H32F4O2/c1-3-5-15-37-26-17-23-13-12-22-16-24(29(33)31(35)27(22)28(23)32(36)30(26)34)20-8-10-21(11-9-20)25-14-7-19(6-4-2)18-38-25/h7-11,16-17,25H,3-6,12-15,18H2,1-2H3. The lowest BCUT2D eigenvalue weighted by molar-refractivity contribution is 0.0599. The first-order valence-corrected chi connectivity index (χ1v) is 13.5. The van der Waals surface area contributed by atoms with Gasteiger partial charge in [0, 0.05) is 16.7 Å². The zero-order chi connectivity index (χ0) is 26.8. The molecule has 1 atom stereocenters. The van der Waals surface area contributed by atoms with Crippen LogP contribution in [-0.2, 0) is 17.6 Å². The maximum absolute atomic E-state index is 15.5. The van der Waals surface area contributed by atoms with Crippen LogP contribution in [0.1, 0.15) is 68.7 Å². The Bertz CT molecular complexity index is 1360. The number of hydrogen-bond donors (Lipinski definition) is 0. The van der Waals surface area contributed by atoms with Crippen LogP contribution in [0.25, 0.3) is 22.3 Å². The molecule has 0 radical (unpaired) electrons. The van der Waals surface area contributed by atoms with E-state index in [1.807, 2.05) is 19.1 Å². The van der Waals surface area contributed by atoms with Crippen LogP contribution in [0.5, 0.6) is 5.75 Å². The number of rotatable bonds is 8. The minimum atomic E-state index is -1.20. The molecule has 1 unspecified atom stereocenters. The van der Waals surface area contributed by atoms with Crippen molar-refractivity contribution in [3.05, 3.63) is 88.0 Å². The molecule has 0 aromatic heterocycles. The summed E-state index contributed by atoms with van der Waals surface area (Å²) in [5.74, 6) is -4.80. The Morgan fingerprint density at radius 3 is 2.16 bits per heavy atom. The summed E-state index contributed by atoms with van der Waals surface area (Å²) in [5.41, 5.74) is 3.36. The van der Waals surface area contributed by atoms with E-state index < -0.39 is 23.3 Å². The first kappa shape index (κ1) is 26.5. The van der Waals surface area contributed by atoms with Gasteiger partial charge in [0.15, 0.2) is 23.2 Å². The van der Waals surface area contributed by atoms with E-state index in [0.29, 0.717) is 42.6 Å². The van der Waals surface area contributed by atoms with Gasteiger partial charge in [0.25, 0.3) is 0 Å². The molecule has 38 heavy (non-hydrogen) atoms. The molecule has 3 aromatic carbocycles. The summed E-state index contributed by atoms with van der Waals surface area (Å²) in [5, 5.41) is 0. The van der Waals surface area contributed by atoms with Crippen LogP contribution < -0.4 is 4.74 Å². The first-order valence-electron chi connectivity index (χ1n) is 13.5. The lowest BCUT2D eigenvalue weighted by Crippen LogP contribution is -2.13. The maximum Gasteiger partial charge on any atom is 0.201 e. The highest BCUT2D eigenvalue weighted by Gasteiger charge is 2.31. The molecule has 2 nitrogen and oxygen atoms in total. The number of benzene rings is 3. The fourth-order valence-corrected chi connectivity index (χ4v) is 5.39. The summed E-state index contributed by atoms with van der Waals surface area (Å²) in [7, 11) is 0.